The average Bonchev–Trinajstić information content (AvgIpc) is 2.89. The second-order valence-electron chi connectivity index (χ2n) is 7.01. The van der Waals surface area contributed by atoms with Gasteiger partial charge in [-0.3, -0.25) is 4.79 Å². The molecular weight excluding hydrogens is 312 g/mol. The lowest BCUT2D eigenvalue weighted by atomic mass is 10.1. The zero-order valence-corrected chi connectivity index (χ0v) is 15.6. The van der Waals surface area contributed by atoms with E-state index in [1.807, 2.05) is 31.2 Å². The minimum absolute atomic E-state index is 0.0288. The Hall–Kier alpha value is -2.04. The van der Waals surface area contributed by atoms with E-state index < -0.39 is 0 Å². The molecular formula is C20H32N4O. The van der Waals surface area contributed by atoms with E-state index in [-0.39, 0.29) is 11.9 Å². The maximum atomic E-state index is 12.1. The lowest BCUT2D eigenvalue weighted by molar-refractivity contribution is 0.0939. The molecule has 2 rings (SSSR count). The molecule has 1 fully saturated rings. The number of rotatable bonds is 6. The van der Waals surface area contributed by atoms with Crippen molar-refractivity contribution in [3.63, 3.8) is 0 Å². The van der Waals surface area contributed by atoms with Crippen LogP contribution in [0.2, 0.25) is 0 Å². The Kier molecular flexibility index (Phi) is 7.76. The molecule has 25 heavy (non-hydrogen) atoms. The summed E-state index contributed by atoms with van der Waals surface area (Å²) in [6, 6.07) is 8.21. The molecule has 4 N–H and O–H groups in total. The lowest BCUT2D eigenvalue weighted by Gasteiger charge is -2.16. The Morgan fingerprint density at radius 2 is 1.84 bits per heavy atom. The average molecular weight is 345 g/mol. The largest absolute Gasteiger partial charge is 0.370 e. The quantitative estimate of drug-likeness (QED) is 0.421. The standard InChI is InChI=1S/C20H32N4O/c1-3-15(2)23-19(25)17-12-10-16(11-13-17)14-22-20(21)24-18-8-6-4-5-7-9-18/h10-13,15,18H,3-9,14H2,1-2H3,(H,23,25)(H3,21,22,24). The molecule has 0 radical (unpaired) electrons. The summed E-state index contributed by atoms with van der Waals surface area (Å²) < 4.78 is 0. The lowest BCUT2D eigenvalue weighted by Crippen LogP contribution is -2.39. The van der Waals surface area contributed by atoms with Gasteiger partial charge in [0.1, 0.15) is 0 Å². The Bertz CT molecular complexity index is 560. The number of nitrogens with zero attached hydrogens (tertiary/aromatic N) is 1. The van der Waals surface area contributed by atoms with Crippen molar-refractivity contribution in [1.29, 1.82) is 0 Å². The molecule has 0 aliphatic heterocycles. The summed E-state index contributed by atoms with van der Waals surface area (Å²) in [7, 11) is 0. The van der Waals surface area contributed by atoms with Crippen molar-refractivity contribution in [3.8, 4) is 0 Å². The highest BCUT2D eigenvalue weighted by atomic mass is 16.1. The fraction of sp³-hybridized carbons (Fsp3) is 0.600. The Labute approximate surface area is 151 Å². The van der Waals surface area contributed by atoms with E-state index in [0.29, 0.717) is 24.1 Å². The molecule has 138 valence electrons. The van der Waals surface area contributed by atoms with Crippen molar-refractivity contribution in [2.75, 3.05) is 0 Å². The Morgan fingerprint density at radius 1 is 1.20 bits per heavy atom. The third kappa shape index (κ3) is 6.77. The molecule has 1 aliphatic rings. The predicted octanol–water partition coefficient (Wildman–Crippen LogP) is 3.34. The monoisotopic (exact) mass is 344 g/mol. The topological polar surface area (TPSA) is 79.5 Å². The van der Waals surface area contributed by atoms with Gasteiger partial charge in [-0.15, -0.1) is 0 Å². The van der Waals surface area contributed by atoms with Gasteiger partial charge in [0.05, 0.1) is 6.54 Å². The molecule has 0 bridgehead atoms. The molecule has 1 atom stereocenters. The van der Waals surface area contributed by atoms with Gasteiger partial charge in [-0.25, -0.2) is 4.99 Å². The minimum atomic E-state index is -0.0288. The van der Waals surface area contributed by atoms with Crippen LogP contribution in [0, 0.1) is 0 Å². The fourth-order valence-electron chi connectivity index (χ4n) is 3.03. The Balaban J connectivity index is 1.84. The number of nitrogens with one attached hydrogen (secondary N) is 2. The normalized spacial score (nSPS) is 17.6. The highest BCUT2D eigenvalue weighted by Crippen LogP contribution is 2.17. The van der Waals surface area contributed by atoms with Crippen molar-refractivity contribution in [2.24, 2.45) is 10.7 Å². The number of aliphatic imine (C=N–C) groups is 1. The molecule has 1 aromatic rings. The number of benzene rings is 1. The SMILES string of the molecule is CCC(C)NC(=O)c1ccc(CN=C(N)NC2CCCCCC2)cc1. The molecule has 0 spiro atoms. The first-order chi connectivity index (χ1) is 12.1. The number of carbonyl (C=O) groups is 1. The first-order valence-corrected chi connectivity index (χ1v) is 9.54. The summed E-state index contributed by atoms with van der Waals surface area (Å²) >= 11 is 0. The van der Waals surface area contributed by atoms with Gasteiger partial charge >= 0.3 is 0 Å². The van der Waals surface area contributed by atoms with Gasteiger partial charge < -0.3 is 16.4 Å². The van der Waals surface area contributed by atoms with Crippen LogP contribution in [-0.4, -0.2) is 24.0 Å². The third-order valence-electron chi connectivity index (χ3n) is 4.85. The summed E-state index contributed by atoms with van der Waals surface area (Å²) in [4.78, 5) is 16.5. The number of hydrogen-bond acceptors (Lipinski definition) is 2. The predicted molar refractivity (Wildman–Crippen MR) is 104 cm³/mol. The van der Waals surface area contributed by atoms with Gasteiger partial charge in [0.15, 0.2) is 5.96 Å². The van der Waals surface area contributed by atoms with Crippen molar-refractivity contribution >= 4 is 11.9 Å². The summed E-state index contributed by atoms with van der Waals surface area (Å²) in [5.41, 5.74) is 7.75. The molecule has 1 aliphatic carbocycles. The molecule has 5 heteroatoms. The number of guanidine groups is 1. The third-order valence-corrected chi connectivity index (χ3v) is 4.85. The number of amides is 1. The molecule has 1 aromatic carbocycles. The summed E-state index contributed by atoms with van der Waals surface area (Å²) in [6.07, 6.45) is 8.47. The first kappa shape index (κ1) is 19.3. The van der Waals surface area contributed by atoms with Crippen molar-refractivity contribution in [1.82, 2.24) is 10.6 Å². The molecule has 1 saturated carbocycles. The molecule has 0 saturated heterocycles. The van der Waals surface area contributed by atoms with Gasteiger partial charge in [-0.1, -0.05) is 44.7 Å². The van der Waals surface area contributed by atoms with E-state index in [0.717, 1.165) is 12.0 Å². The summed E-state index contributed by atoms with van der Waals surface area (Å²) in [5, 5.41) is 6.32. The van der Waals surface area contributed by atoms with Gasteiger partial charge in [-0.05, 0) is 43.9 Å². The van der Waals surface area contributed by atoms with Crippen LogP contribution in [0.4, 0.5) is 0 Å². The van der Waals surface area contributed by atoms with Crippen LogP contribution >= 0.6 is 0 Å². The Morgan fingerprint density at radius 3 is 2.44 bits per heavy atom. The van der Waals surface area contributed by atoms with Crippen molar-refractivity contribution in [3.05, 3.63) is 35.4 Å². The van der Waals surface area contributed by atoms with Gasteiger partial charge in [0.2, 0.25) is 0 Å². The molecule has 1 unspecified atom stereocenters. The molecule has 0 aromatic heterocycles. The minimum Gasteiger partial charge on any atom is -0.370 e. The van der Waals surface area contributed by atoms with Crippen LogP contribution in [0.3, 0.4) is 0 Å². The van der Waals surface area contributed by atoms with Crippen LogP contribution < -0.4 is 16.4 Å². The van der Waals surface area contributed by atoms with Crippen LogP contribution in [-0.2, 0) is 6.54 Å². The van der Waals surface area contributed by atoms with Crippen LogP contribution in [0.25, 0.3) is 0 Å². The van der Waals surface area contributed by atoms with E-state index in [4.69, 9.17) is 5.73 Å². The van der Waals surface area contributed by atoms with Crippen molar-refractivity contribution < 1.29 is 4.79 Å². The smallest absolute Gasteiger partial charge is 0.251 e. The highest BCUT2D eigenvalue weighted by molar-refractivity contribution is 5.94. The maximum Gasteiger partial charge on any atom is 0.251 e. The van der Waals surface area contributed by atoms with E-state index in [2.05, 4.69) is 22.5 Å². The first-order valence-electron chi connectivity index (χ1n) is 9.54. The molecule has 1 amide bonds. The van der Waals surface area contributed by atoms with E-state index in [9.17, 15) is 4.79 Å². The van der Waals surface area contributed by atoms with E-state index in [1.165, 1.54) is 38.5 Å². The molecule has 5 nitrogen and oxygen atoms in total. The zero-order valence-electron chi connectivity index (χ0n) is 15.6. The number of nitrogens with two attached hydrogens (primary N) is 1. The summed E-state index contributed by atoms with van der Waals surface area (Å²) in [6.45, 7) is 4.59. The molecule has 0 heterocycles. The highest BCUT2D eigenvalue weighted by Gasteiger charge is 2.12. The number of hydrogen-bond donors (Lipinski definition) is 3. The zero-order chi connectivity index (χ0) is 18.1. The van der Waals surface area contributed by atoms with Gasteiger partial charge in [0, 0.05) is 17.6 Å². The van der Waals surface area contributed by atoms with Crippen LogP contribution in [0.1, 0.15) is 74.7 Å². The second kappa shape index (κ2) is 10.1. The summed E-state index contributed by atoms with van der Waals surface area (Å²) in [5.74, 6) is 0.490. The van der Waals surface area contributed by atoms with Gasteiger partial charge in [-0.2, -0.15) is 0 Å². The second-order valence-corrected chi connectivity index (χ2v) is 7.01. The van der Waals surface area contributed by atoms with E-state index >= 15 is 0 Å². The maximum absolute atomic E-state index is 12.1. The van der Waals surface area contributed by atoms with Gasteiger partial charge in [0.25, 0.3) is 5.91 Å². The fourth-order valence-corrected chi connectivity index (χ4v) is 3.03. The van der Waals surface area contributed by atoms with E-state index in [1.54, 1.807) is 0 Å². The number of carbonyl (C=O) groups excluding carboxylic acids is 1. The van der Waals surface area contributed by atoms with Crippen LogP contribution in [0.5, 0.6) is 0 Å². The van der Waals surface area contributed by atoms with Crippen molar-refractivity contribution in [2.45, 2.75) is 77.4 Å². The van der Waals surface area contributed by atoms with Crippen LogP contribution in [0.15, 0.2) is 29.3 Å².